The largest absolute Gasteiger partial charge is 0.573 e. The Morgan fingerprint density at radius 1 is 1.07 bits per heavy atom. The van der Waals surface area contributed by atoms with E-state index < -0.39 is 12.3 Å². The molecule has 0 spiro atoms. The van der Waals surface area contributed by atoms with Crippen molar-refractivity contribution in [2.45, 2.75) is 20.2 Å². The molecular formula is C19H19F3N2O3. The number of anilines is 1. The summed E-state index contributed by atoms with van der Waals surface area (Å²) in [5.41, 5.74) is 2.54. The molecule has 0 aromatic heterocycles. The van der Waals surface area contributed by atoms with Crippen LogP contribution in [0.25, 0.3) is 0 Å². The van der Waals surface area contributed by atoms with E-state index >= 15 is 0 Å². The van der Waals surface area contributed by atoms with Crippen LogP contribution < -0.4 is 10.1 Å². The first-order valence-electron chi connectivity index (χ1n) is 8.03. The Hall–Kier alpha value is -3.03. The summed E-state index contributed by atoms with van der Waals surface area (Å²) < 4.78 is 40.2. The Bertz CT molecular complexity index is 833. The molecule has 0 aliphatic heterocycles. The minimum absolute atomic E-state index is 0.201. The number of carbonyl (C=O) groups excluding carboxylic acids is 2. The first-order chi connectivity index (χ1) is 12.5. The van der Waals surface area contributed by atoms with Crippen LogP contribution in [0, 0.1) is 13.8 Å². The van der Waals surface area contributed by atoms with Crippen molar-refractivity contribution in [2.24, 2.45) is 0 Å². The molecule has 0 fully saturated rings. The monoisotopic (exact) mass is 380 g/mol. The van der Waals surface area contributed by atoms with E-state index in [0.29, 0.717) is 11.3 Å². The van der Waals surface area contributed by atoms with Gasteiger partial charge in [-0.1, -0.05) is 17.7 Å². The van der Waals surface area contributed by atoms with Gasteiger partial charge in [0.25, 0.3) is 5.91 Å². The van der Waals surface area contributed by atoms with Crippen molar-refractivity contribution in [2.75, 3.05) is 18.9 Å². The molecule has 0 saturated heterocycles. The lowest BCUT2D eigenvalue weighted by Gasteiger charge is -2.18. The van der Waals surface area contributed by atoms with Crippen molar-refractivity contribution in [3.05, 3.63) is 59.2 Å². The van der Waals surface area contributed by atoms with Crippen LogP contribution in [0.1, 0.15) is 21.5 Å². The second-order valence-corrected chi connectivity index (χ2v) is 6.10. The maximum Gasteiger partial charge on any atom is 0.573 e. The Labute approximate surface area is 154 Å². The molecule has 0 saturated carbocycles. The van der Waals surface area contributed by atoms with Crippen LogP contribution in [0.15, 0.2) is 42.5 Å². The first kappa shape index (κ1) is 20.3. The van der Waals surface area contributed by atoms with Crippen molar-refractivity contribution in [1.29, 1.82) is 0 Å². The van der Waals surface area contributed by atoms with Crippen LogP contribution in [0.5, 0.6) is 5.75 Å². The summed E-state index contributed by atoms with van der Waals surface area (Å²) in [5, 5.41) is 2.53. The summed E-state index contributed by atoms with van der Waals surface area (Å²) in [5.74, 6) is -1.15. The number of benzene rings is 2. The maximum atomic E-state index is 12.5. The third-order valence-electron chi connectivity index (χ3n) is 3.72. The second-order valence-electron chi connectivity index (χ2n) is 6.10. The Morgan fingerprint density at radius 2 is 1.70 bits per heavy atom. The minimum Gasteiger partial charge on any atom is -0.406 e. The van der Waals surface area contributed by atoms with Gasteiger partial charge in [-0.25, -0.2) is 0 Å². The molecule has 0 heterocycles. The number of halogens is 3. The zero-order valence-corrected chi connectivity index (χ0v) is 15.1. The number of amides is 2. The van der Waals surface area contributed by atoms with Gasteiger partial charge in [0.1, 0.15) is 5.75 Å². The molecule has 0 aliphatic carbocycles. The molecule has 0 radical (unpaired) electrons. The number of hydrogen-bond acceptors (Lipinski definition) is 3. The molecule has 2 amide bonds. The van der Waals surface area contributed by atoms with E-state index in [-0.39, 0.29) is 18.2 Å². The van der Waals surface area contributed by atoms with Crippen molar-refractivity contribution in [3.63, 3.8) is 0 Å². The van der Waals surface area contributed by atoms with Crippen LogP contribution in [0.4, 0.5) is 18.9 Å². The van der Waals surface area contributed by atoms with Gasteiger partial charge in [-0.05, 0) is 49.7 Å². The number of nitrogens with one attached hydrogen (secondary N) is 1. The van der Waals surface area contributed by atoms with E-state index in [0.717, 1.165) is 23.3 Å². The van der Waals surface area contributed by atoms with Gasteiger partial charge in [-0.15, -0.1) is 13.2 Å². The van der Waals surface area contributed by atoms with Gasteiger partial charge in [-0.3, -0.25) is 9.59 Å². The van der Waals surface area contributed by atoms with Gasteiger partial charge in [-0.2, -0.15) is 0 Å². The summed E-state index contributed by atoms with van der Waals surface area (Å²) in [6.45, 7) is 3.48. The smallest absolute Gasteiger partial charge is 0.406 e. The molecule has 8 heteroatoms. The zero-order valence-electron chi connectivity index (χ0n) is 15.1. The lowest BCUT2D eigenvalue weighted by Crippen LogP contribution is -2.35. The molecular weight excluding hydrogens is 361 g/mol. The maximum absolute atomic E-state index is 12.5. The number of likely N-dealkylation sites (N-methyl/N-ethyl adjacent to an activating group) is 1. The molecule has 0 atom stereocenters. The van der Waals surface area contributed by atoms with E-state index in [4.69, 9.17) is 0 Å². The van der Waals surface area contributed by atoms with Crippen molar-refractivity contribution >= 4 is 17.5 Å². The van der Waals surface area contributed by atoms with Gasteiger partial charge < -0.3 is 15.0 Å². The van der Waals surface area contributed by atoms with Gasteiger partial charge in [0, 0.05) is 18.3 Å². The van der Waals surface area contributed by atoms with E-state index in [1.807, 2.05) is 26.0 Å². The number of aryl methyl sites for hydroxylation is 2. The summed E-state index contributed by atoms with van der Waals surface area (Å²) in [4.78, 5) is 25.9. The highest BCUT2D eigenvalue weighted by molar-refractivity contribution is 6.00. The second kappa shape index (κ2) is 8.11. The Morgan fingerprint density at radius 3 is 2.30 bits per heavy atom. The average molecular weight is 380 g/mol. The third-order valence-corrected chi connectivity index (χ3v) is 3.72. The van der Waals surface area contributed by atoms with Gasteiger partial charge in [0.05, 0.1) is 6.54 Å². The van der Waals surface area contributed by atoms with Crippen LogP contribution in [-0.2, 0) is 4.79 Å². The molecule has 0 unspecified atom stereocenters. The fraction of sp³-hybridized carbons (Fsp3) is 0.263. The number of hydrogen-bond donors (Lipinski definition) is 1. The van der Waals surface area contributed by atoms with Crippen molar-refractivity contribution in [1.82, 2.24) is 4.90 Å². The van der Waals surface area contributed by atoms with Crippen LogP contribution in [-0.4, -0.2) is 36.7 Å². The van der Waals surface area contributed by atoms with Crippen LogP contribution in [0.2, 0.25) is 0 Å². The number of carbonyl (C=O) groups is 2. The van der Waals surface area contributed by atoms with Gasteiger partial charge >= 0.3 is 6.36 Å². The summed E-state index contributed by atoms with van der Waals surface area (Å²) >= 11 is 0. The molecule has 2 aromatic carbocycles. The highest BCUT2D eigenvalue weighted by atomic mass is 19.4. The zero-order chi connectivity index (χ0) is 20.2. The first-order valence-corrected chi connectivity index (χ1v) is 8.03. The van der Waals surface area contributed by atoms with Gasteiger partial charge in [0.2, 0.25) is 5.91 Å². The standard InChI is InChI=1S/C19H19F3N2O3/c1-12-4-5-13(2)16(10-12)18(26)24(3)11-17(25)23-14-6-8-15(9-7-14)27-19(20,21)22/h4-10H,11H2,1-3H3,(H,23,25). The number of nitrogens with zero attached hydrogens (tertiary/aromatic N) is 1. The quantitative estimate of drug-likeness (QED) is 0.856. The van der Waals surface area contributed by atoms with Gasteiger partial charge in [0.15, 0.2) is 0 Å². The predicted octanol–water partition coefficient (Wildman–Crippen LogP) is 3.91. The van der Waals surface area contributed by atoms with Crippen molar-refractivity contribution < 1.29 is 27.5 Å². The Kier molecular flexibility index (Phi) is 6.09. The number of rotatable bonds is 5. The molecule has 0 aliphatic rings. The van der Waals surface area contributed by atoms with Crippen LogP contribution in [0.3, 0.4) is 0 Å². The number of ether oxygens (including phenoxy) is 1. The summed E-state index contributed by atoms with van der Waals surface area (Å²) in [7, 11) is 1.50. The summed E-state index contributed by atoms with van der Waals surface area (Å²) in [6, 6.07) is 10.2. The highest BCUT2D eigenvalue weighted by Gasteiger charge is 2.31. The lowest BCUT2D eigenvalue weighted by atomic mass is 10.0. The SMILES string of the molecule is Cc1ccc(C)c(C(=O)N(C)CC(=O)Nc2ccc(OC(F)(F)F)cc2)c1. The topological polar surface area (TPSA) is 58.6 Å². The summed E-state index contributed by atoms with van der Waals surface area (Å²) in [6.07, 6.45) is -4.78. The van der Waals surface area contributed by atoms with E-state index in [1.165, 1.54) is 24.1 Å². The molecule has 144 valence electrons. The van der Waals surface area contributed by atoms with E-state index in [9.17, 15) is 22.8 Å². The van der Waals surface area contributed by atoms with Crippen molar-refractivity contribution in [3.8, 4) is 5.75 Å². The predicted molar refractivity (Wildman–Crippen MR) is 94.6 cm³/mol. The lowest BCUT2D eigenvalue weighted by molar-refractivity contribution is -0.274. The molecule has 5 nitrogen and oxygen atoms in total. The molecule has 0 bridgehead atoms. The molecule has 1 N–H and O–H groups in total. The number of alkyl halides is 3. The highest BCUT2D eigenvalue weighted by Crippen LogP contribution is 2.24. The molecule has 27 heavy (non-hydrogen) atoms. The third kappa shape index (κ3) is 6.02. The average Bonchev–Trinajstić information content (AvgIpc) is 2.56. The molecule has 2 aromatic rings. The normalized spacial score (nSPS) is 11.0. The molecule has 2 rings (SSSR count). The fourth-order valence-electron chi connectivity index (χ4n) is 2.40. The van der Waals surface area contributed by atoms with E-state index in [2.05, 4.69) is 10.1 Å². The van der Waals surface area contributed by atoms with E-state index in [1.54, 1.807) is 6.07 Å². The minimum atomic E-state index is -4.78. The van der Waals surface area contributed by atoms with Crippen LogP contribution >= 0.6 is 0 Å². The Balaban J connectivity index is 1.96. The fourth-order valence-corrected chi connectivity index (χ4v) is 2.40.